The first-order valence-electron chi connectivity index (χ1n) is 8.29. The molecule has 0 aromatic carbocycles. The molecule has 0 saturated carbocycles. The van der Waals surface area contributed by atoms with Gasteiger partial charge in [0.15, 0.2) is 5.65 Å². The molecule has 4 heterocycles. The zero-order valence-electron chi connectivity index (χ0n) is 13.7. The second kappa shape index (κ2) is 6.45. The molecule has 1 unspecified atom stereocenters. The van der Waals surface area contributed by atoms with Gasteiger partial charge in [0.25, 0.3) is 10.2 Å². The number of ether oxygens (including phenoxy) is 1. The van der Waals surface area contributed by atoms with Gasteiger partial charge in [-0.3, -0.25) is 0 Å². The highest BCUT2D eigenvalue weighted by Gasteiger charge is 2.36. The SMILES string of the molecule is Nc1ncnc2nc(C3CN(S(=O)(=O)N4CCCC4)CCO3)ccc12. The summed E-state index contributed by atoms with van der Waals surface area (Å²) in [7, 11) is -3.44. The molecule has 10 heteroatoms. The maximum Gasteiger partial charge on any atom is 0.282 e. The van der Waals surface area contributed by atoms with Crippen LogP contribution in [0.25, 0.3) is 11.0 Å². The van der Waals surface area contributed by atoms with E-state index in [1.165, 1.54) is 10.6 Å². The van der Waals surface area contributed by atoms with E-state index < -0.39 is 16.3 Å². The van der Waals surface area contributed by atoms with Gasteiger partial charge in [0.2, 0.25) is 0 Å². The van der Waals surface area contributed by atoms with Gasteiger partial charge in [-0.25, -0.2) is 15.0 Å². The van der Waals surface area contributed by atoms with Crippen molar-refractivity contribution in [2.24, 2.45) is 0 Å². The summed E-state index contributed by atoms with van der Waals surface area (Å²) in [5.41, 5.74) is 6.94. The van der Waals surface area contributed by atoms with E-state index in [1.54, 1.807) is 16.4 Å². The Balaban J connectivity index is 1.59. The average molecular weight is 364 g/mol. The molecular formula is C15H20N6O3S. The van der Waals surface area contributed by atoms with Gasteiger partial charge in [0, 0.05) is 26.2 Å². The molecule has 0 aliphatic carbocycles. The molecule has 134 valence electrons. The molecule has 0 amide bonds. The van der Waals surface area contributed by atoms with Crippen LogP contribution in [0.2, 0.25) is 0 Å². The van der Waals surface area contributed by atoms with Crippen molar-refractivity contribution in [2.45, 2.75) is 18.9 Å². The predicted molar refractivity (Wildman–Crippen MR) is 91.7 cm³/mol. The third kappa shape index (κ3) is 3.06. The van der Waals surface area contributed by atoms with Gasteiger partial charge >= 0.3 is 0 Å². The number of rotatable bonds is 3. The Kier molecular flexibility index (Phi) is 4.28. The zero-order chi connectivity index (χ0) is 17.4. The minimum atomic E-state index is -3.44. The van der Waals surface area contributed by atoms with Crippen molar-refractivity contribution in [3.05, 3.63) is 24.2 Å². The van der Waals surface area contributed by atoms with Crippen molar-refractivity contribution in [1.29, 1.82) is 0 Å². The maximum absolute atomic E-state index is 12.8. The van der Waals surface area contributed by atoms with E-state index in [0.29, 0.717) is 48.8 Å². The molecule has 25 heavy (non-hydrogen) atoms. The van der Waals surface area contributed by atoms with Gasteiger partial charge in [-0.1, -0.05) is 0 Å². The average Bonchev–Trinajstić information content (AvgIpc) is 3.17. The molecule has 2 fully saturated rings. The van der Waals surface area contributed by atoms with Crippen LogP contribution in [0.3, 0.4) is 0 Å². The Bertz CT molecular complexity index is 884. The Morgan fingerprint density at radius 1 is 1.12 bits per heavy atom. The highest BCUT2D eigenvalue weighted by Crippen LogP contribution is 2.27. The van der Waals surface area contributed by atoms with E-state index in [2.05, 4.69) is 15.0 Å². The van der Waals surface area contributed by atoms with Crippen molar-refractivity contribution >= 4 is 27.1 Å². The van der Waals surface area contributed by atoms with Crippen LogP contribution < -0.4 is 5.73 Å². The van der Waals surface area contributed by atoms with Crippen LogP contribution >= 0.6 is 0 Å². The summed E-state index contributed by atoms with van der Waals surface area (Å²) in [6.07, 6.45) is 2.77. The molecule has 2 aliphatic rings. The molecule has 2 N–H and O–H groups in total. The first-order chi connectivity index (χ1) is 12.1. The summed E-state index contributed by atoms with van der Waals surface area (Å²) in [5, 5.41) is 0.670. The third-order valence-corrected chi connectivity index (χ3v) is 6.63. The number of morpholine rings is 1. The van der Waals surface area contributed by atoms with Gasteiger partial charge in [-0.05, 0) is 25.0 Å². The van der Waals surface area contributed by atoms with Crippen LogP contribution in [0.15, 0.2) is 18.5 Å². The molecule has 4 rings (SSSR count). The topological polar surface area (TPSA) is 115 Å². The quantitative estimate of drug-likeness (QED) is 0.834. The lowest BCUT2D eigenvalue weighted by molar-refractivity contribution is -0.00631. The highest BCUT2D eigenvalue weighted by atomic mass is 32.2. The lowest BCUT2D eigenvalue weighted by Crippen LogP contribution is -2.48. The Morgan fingerprint density at radius 3 is 2.72 bits per heavy atom. The molecule has 2 aromatic heterocycles. The number of hydrogen-bond acceptors (Lipinski definition) is 7. The fourth-order valence-electron chi connectivity index (χ4n) is 3.25. The van der Waals surface area contributed by atoms with Gasteiger partial charge in [0.1, 0.15) is 18.2 Å². The number of nitrogen functional groups attached to an aromatic ring is 1. The van der Waals surface area contributed by atoms with E-state index in [4.69, 9.17) is 10.5 Å². The van der Waals surface area contributed by atoms with Crippen LogP contribution in [-0.2, 0) is 14.9 Å². The van der Waals surface area contributed by atoms with Crippen LogP contribution in [0.4, 0.5) is 5.82 Å². The van der Waals surface area contributed by atoms with Gasteiger partial charge in [-0.2, -0.15) is 17.0 Å². The fraction of sp³-hybridized carbons (Fsp3) is 0.533. The molecule has 2 aromatic rings. The summed E-state index contributed by atoms with van der Waals surface area (Å²) in [6, 6.07) is 3.59. The highest BCUT2D eigenvalue weighted by molar-refractivity contribution is 7.86. The third-order valence-electron chi connectivity index (χ3n) is 4.63. The van der Waals surface area contributed by atoms with Crippen molar-refractivity contribution in [2.75, 3.05) is 38.5 Å². The smallest absolute Gasteiger partial charge is 0.282 e. The summed E-state index contributed by atoms with van der Waals surface area (Å²) in [6.45, 7) is 2.13. The van der Waals surface area contributed by atoms with E-state index in [9.17, 15) is 8.42 Å². The van der Waals surface area contributed by atoms with E-state index in [0.717, 1.165) is 12.8 Å². The summed E-state index contributed by atoms with van der Waals surface area (Å²) >= 11 is 0. The van der Waals surface area contributed by atoms with Gasteiger partial charge in [0.05, 0.1) is 17.7 Å². The normalized spacial score (nSPS) is 23.3. The Hall–Kier alpha value is -1.88. The van der Waals surface area contributed by atoms with Crippen molar-refractivity contribution < 1.29 is 13.2 Å². The monoisotopic (exact) mass is 364 g/mol. The standard InChI is InChI=1S/C15H20N6O3S/c16-14-11-3-4-12(19-15(11)18-10-17-14)13-9-21(7-8-24-13)25(22,23)20-5-1-2-6-20/h3-4,10,13H,1-2,5-9H2,(H2,16,17,18,19). The lowest BCUT2D eigenvalue weighted by atomic mass is 10.2. The molecular weight excluding hydrogens is 344 g/mol. The van der Waals surface area contributed by atoms with Crippen LogP contribution in [-0.4, -0.2) is 64.8 Å². The van der Waals surface area contributed by atoms with E-state index in [1.807, 2.05) is 0 Å². The second-order valence-corrected chi connectivity index (χ2v) is 8.13. The van der Waals surface area contributed by atoms with Crippen molar-refractivity contribution in [3.63, 3.8) is 0 Å². The molecule has 2 aliphatic heterocycles. The van der Waals surface area contributed by atoms with Crippen LogP contribution in [0.1, 0.15) is 24.6 Å². The molecule has 9 nitrogen and oxygen atoms in total. The first-order valence-corrected chi connectivity index (χ1v) is 9.69. The Labute approximate surface area is 146 Å². The number of fused-ring (bicyclic) bond motifs is 1. The number of aromatic nitrogens is 3. The maximum atomic E-state index is 12.8. The van der Waals surface area contributed by atoms with E-state index >= 15 is 0 Å². The number of hydrogen-bond donors (Lipinski definition) is 1. The van der Waals surface area contributed by atoms with E-state index in [-0.39, 0.29) is 6.54 Å². The Morgan fingerprint density at radius 2 is 1.92 bits per heavy atom. The summed E-state index contributed by atoms with van der Waals surface area (Å²) < 4.78 is 34.3. The summed E-state index contributed by atoms with van der Waals surface area (Å²) in [4.78, 5) is 12.6. The molecule has 1 atom stereocenters. The fourth-order valence-corrected chi connectivity index (χ4v) is 4.93. The zero-order valence-corrected chi connectivity index (χ0v) is 14.5. The van der Waals surface area contributed by atoms with Crippen molar-refractivity contribution in [1.82, 2.24) is 23.6 Å². The summed E-state index contributed by atoms with van der Waals surface area (Å²) in [5.74, 6) is 0.367. The first kappa shape index (κ1) is 16.6. The second-order valence-electron chi connectivity index (χ2n) is 6.20. The van der Waals surface area contributed by atoms with Gasteiger partial charge in [-0.15, -0.1) is 0 Å². The lowest BCUT2D eigenvalue weighted by Gasteiger charge is -2.34. The number of pyridine rings is 1. The molecule has 0 radical (unpaired) electrons. The number of anilines is 1. The van der Waals surface area contributed by atoms with Crippen LogP contribution in [0.5, 0.6) is 0 Å². The minimum Gasteiger partial charge on any atom is -0.383 e. The number of nitrogens with two attached hydrogens (primary N) is 1. The molecule has 0 spiro atoms. The van der Waals surface area contributed by atoms with Crippen molar-refractivity contribution in [3.8, 4) is 0 Å². The van der Waals surface area contributed by atoms with Crippen LogP contribution in [0, 0.1) is 0 Å². The van der Waals surface area contributed by atoms with Gasteiger partial charge < -0.3 is 10.5 Å². The minimum absolute atomic E-state index is 0.248. The molecule has 0 bridgehead atoms. The predicted octanol–water partition coefficient (Wildman–Crippen LogP) is 0.321. The molecule has 2 saturated heterocycles. The number of nitrogens with zero attached hydrogens (tertiary/aromatic N) is 5. The largest absolute Gasteiger partial charge is 0.383 e.